The molecule has 3 aromatic rings. The number of ether oxygens (including phenoxy) is 1. The highest BCUT2D eigenvalue weighted by Crippen LogP contribution is 2.51. The molecule has 12 heteroatoms. The maximum Gasteiger partial charge on any atom is 0.410 e. The highest BCUT2D eigenvalue weighted by Gasteiger charge is 2.48. The largest absolute Gasteiger partial charge is 0.444 e. The zero-order valence-corrected chi connectivity index (χ0v) is 22.4. The van der Waals surface area contributed by atoms with E-state index >= 15 is 8.78 Å². The van der Waals surface area contributed by atoms with Gasteiger partial charge < -0.3 is 19.9 Å². The third-order valence-corrected chi connectivity index (χ3v) is 7.87. The van der Waals surface area contributed by atoms with E-state index < -0.39 is 22.7 Å². The topological polar surface area (TPSA) is 107 Å². The Labute approximate surface area is 228 Å². The Morgan fingerprint density at radius 3 is 2.64 bits per heavy atom. The minimum Gasteiger partial charge on any atom is -0.444 e. The average Bonchev–Trinajstić information content (AvgIpc) is 3.40. The first-order chi connectivity index (χ1) is 18.5. The summed E-state index contributed by atoms with van der Waals surface area (Å²) in [7, 11) is 0. The predicted molar refractivity (Wildman–Crippen MR) is 141 cm³/mol. The van der Waals surface area contributed by atoms with Crippen LogP contribution in [0.2, 0.25) is 5.02 Å². The van der Waals surface area contributed by atoms with Crippen LogP contribution in [0, 0.1) is 23.0 Å². The van der Waals surface area contributed by atoms with Crippen molar-refractivity contribution in [2.24, 2.45) is 0 Å². The first kappa shape index (κ1) is 25.5. The molecule has 9 nitrogen and oxygen atoms in total. The van der Waals surface area contributed by atoms with E-state index in [4.69, 9.17) is 16.3 Å². The van der Waals surface area contributed by atoms with Crippen LogP contribution in [0.4, 0.5) is 30.9 Å². The van der Waals surface area contributed by atoms with E-state index in [-0.39, 0.29) is 51.6 Å². The van der Waals surface area contributed by atoms with Crippen LogP contribution in [-0.2, 0) is 10.2 Å². The van der Waals surface area contributed by atoms with E-state index in [9.17, 15) is 10.1 Å². The number of fused-ring (bicyclic) bond motifs is 3. The van der Waals surface area contributed by atoms with Crippen molar-refractivity contribution in [1.29, 1.82) is 5.26 Å². The van der Waals surface area contributed by atoms with Gasteiger partial charge in [0.05, 0.1) is 39.8 Å². The number of halogens is 3. The first-order valence-electron chi connectivity index (χ1n) is 12.7. The number of amides is 1. The number of anilines is 3. The molecule has 2 aromatic heterocycles. The van der Waals surface area contributed by atoms with Gasteiger partial charge in [0.15, 0.2) is 23.3 Å². The first-order valence-corrected chi connectivity index (χ1v) is 13.1. The van der Waals surface area contributed by atoms with E-state index in [1.165, 1.54) is 18.5 Å². The Morgan fingerprint density at radius 1 is 1.23 bits per heavy atom. The SMILES string of the molecule is CC(C)(C)OC(=O)N1C[C@@H]2C[C@H]1CN2c1nc2c(Nc3ccc(C4(C#N)CC4)c(Cl)c3F)ncnc2cc1F. The number of hydrogen-bond donors (Lipinski definition) is 1. The summed E-state index contributed by atoms with van der Waals surface area (Å²) in [6.07, 6.45) is 2.81. The minimum atomic E-state index is -0.736. The Bertz CT molecular complexity index is 1550. The number of hydrogen-bond acceptors (Lipinski definition) is 8. The van der Waals surface area contributed by atoms with Crippen molar-refractivity contribution in [3.05, 3.63) is 46.7 Å². The molecule has 4 heterocycles. The molecule has 0 radical (unpaired) electrons. The number of benzene rings is 1. The number of piperazine rings is 1. The summed E-state index contributed by atoms with van der Waals surface area (Å²) in [4.78, 5) is 29.1. The number of carbonyl (C=O) groups is 1. The molecular formula is C27H26ClF2N7O2. The molecule has 2 atom stereocenters. The maximum atomic E-state index is 15.3. The molecule has 2 aliphatic heterocycles. The lowest BCUT2D eigenvalue weighted by Gasteiger charge is -2.35. The van der Waals surface area contributed by atoms with Crippen molar-refractivity contribution in [3.8, 4) is 6.07 Å². The monoisotopic (exact) mass is 553 g/mol. The lowest BCUT2D eigenvalue weighted by atomic mass is 9.97. The molecule has 3 fully saturated rings. The van der Waals surface area contributed by atoms with Gasteiger partial charge in [-0.15, -0.1) is 0 Å². The number of nitriles is 1. The summed E-state index contributed by atoms with van der Waals surface area (Å²) < 4.78 is 36.0. The van der Waals surface area contributed by atoms with E-state index in [1.807, 2.05) is 25.7 Å². The fourth-order valence-corrected chi connectivity index (χ4v) is 5.77. The van der Waals surface area contributed by atoms with Crippen molar-refractivity contribution < 1.29 is 18.3 Å². The summed E-state index contributed by atoms with van der Waals surface area (Å²) in [5.74, 6) is -0.947. The molecule has 0 spiro atoms. The molecule has 2 bridgehead atoms. The molecule has 1 N–H and O–H groups in total. The van der Waals surface area contributed by atoms with E-state index in [2.05, 4.69) is 26.3 Å². The van der Waals surface area contributed by atoms with Crippen LogP contribution in [0.5, 0.6) is 0 Å². The molecular weight excluding hydrogens is 528 g/mol. The van der Waals surface area contributed by atoms with Gasteiger partial charge in [0.2, 0.25) is 0 Å². The minimum absolute atomic E-state index is 0.0541. The third kappa shape index (κ3) is 4.36. The average molecular weight is 554 g/mol. The number of nitrogens with zero attached hydrogens (tertiary/aromatic N) is 6. The fourth-order valence-electron chi connectivity index (χ4n) is 5.43. The Morgan fingerprint density at radius 2 is 2.00 bits per heavy atom. The van der Waals surface area contributed by atoms with Crippen LogP contribution in [0.15, 0.2) is 24.5 Å². The van der Waals surface area contributed by atoms with Gasteiger partial charge in [0.25, 0.3) is 0 Å². The van der Waals surface area contributed by atoms with Gasteiger partial charge in [-0.2, -0.15) is 5.26 Å². The Kier molecular flexibility index (Phi) is 5.80. The molecule has 1 saturated carbocycles. The number of rotatable bonds is 4. The predicted octanol–water partition coefficient (Wildman–Crippen LogP) is 5.45. The normalized spacial score (nSPS) is 21.3. The number of aromatic nitrogens is 3. The molecule has 1 amide bonds. The lowest BCUT2D eigenvalue weighted by molar-refractivity contribution is 0.0214. The van der Waals surface area contributed by atoms with Crippen molar-refractivity contribution in [3.63, 3.8) is 0 Å². The summed E-state index contributed by atoms with van der Waals surface area (Å²) in [5.41, 5.74) is -0.311. The van der Waals surface area contributed by atoms with Gasteiger partial charge >= 0.3 is 6.09 Å². The maximum absolute atomic E-state index is 15.3. The Balaban J connectivity index is 1.28. The molecule has 0 unspecified atom stereocenters. The van der Waals surface area contributed by atoms with Crippen LogP contribution in [0.25, 0.3) is 11.0 Å². The van der Waals surface area contributed by atoms with Crippen LogP contribution in [0.3, 0.4) is 0 Å². The summed E-state index contributed by atoms with van der Waals surface area (Å²) in [6.45, 7) is 6.25. The molecule has 39 heavy (non-hydrogen) atoms. The van der Waals surface area contributed by atoms with Gasteiger partial charge in [-0.3, -0.25) is 0 Å². The second kappa shape index (κ2) is 8.88. The van der Waals surface area contributed by atoms with Crippen LogP contribution in [-0.4, -0.2) is 56.7 Å². The van der Waals surface area contributed by atoms with E-state index in [1.54, 1.807) is 11.0 Å². The molecule has 2 saturated heterocycles. The second-order valence-corrected chi connectivity index (χ2v) is 11.7. The van der Waals surface area contributed by atoms with Crippen molar-refractivity contribution in [2.75, 3.05) is 23.3 Å². The van der Waals surface area contributed by atoms with Gasteiger partial charge in [-0.05, 0) is 51.7 Å². The van der Waals surface area contributed by atoms with Gasteiger partial charge in [-0.25, -0.2) is 28.5 Å². The highest BCUT2D eigenvalue weighted by molar-refractivity contribution is 6.32. The summed E-state index contributed by atoms with van der Waals surface area (Å²) >= 11 is 6.32. The van der Waals surface area contributed by atoms with Gasteiger partial charge in [0, 0.05) is 19.2 Å². The number of carbonyl (C=O) groups excluding carboxylic acids is 1. The molecule has 3 aliphatic rings. The third-order valence-electron chi connectivity index (χ3n) is 7.50. The number of pyridine rings is 1. The summed E-state index contributed by atoms with van der Waals surface area (Å²) in [6, 6.07) is 6.41. The van der Waals surface area contributed by atoms with Gasteiger partial charge in [0.1, 0.15) is 17.4 Å². The van der Waals surface area contributed by atoms with Crippen LogP contribution >= 0.6 is 11.6 Å². The molecule has 6 rings (SSSR count). The van der Waals surface area contributed by atoms with E-state index in [0.29, 0.717) is 37.9 Å². The smallest absolute Gasteiger partial charge is 0.410 e. The number of nitrogens with one attached hydrogen (secondary N) is 1. The zero-order valence-electron chi connectivity index (χ0n) is 21.6. The van der Waals surface area contributed by atoms with Crippen molar-refractivity contribution in [1.82, 2.24) is 19.9 Å². The van der Waals surface area contributed by atoms with E-state index in [0.717, 1.165) is 0 Å². The molecule has 1 aromatic carbocycles. The lowest BCUT2D eigenvalue weighted by Crippen LogP contribution is -2.50. The Hall–Kier alpha value is -3.78. The highest BCUT2D eigenvalue weighted by atomic mass is 35.5. The van der Waals surface area contributed by atoms with Crippen molar-refractivity contribution >= 4 is 46.1 Å². The van der Waals surface area contributed by atoms with Gasteiger partial charge in [-0.1, -0.05) is 17.7 Å². The summed E-state index contributed by atoms with van der Waals surface area (Å²) in [5, 5.41) is 12.3. The fraction of sp³-hybridized carbons (Fsp3) is 0.444. The quantitative estimate of drug-likeness (QED) is 0.454. The second-order valence-electron chi connectivity index (χ2n) is 11.3. The van der Waals surface area contributed by atoms with Crippen molar-refractivity contribution in [2.45, 2.75) is 63.1 Å². The standard InChI is InChI=1S/C27H26ClF2N7O2/c1-26(2,3)39-25(38)37-11-14-8-15(37)10-36(14)24-17(29)9-19-22(35-24)23(33-13-32-19)34-18-5-4-16(20(28)21(18)30)27(12-31)6-7-27/h4-5,9,13-15H,6-8,10-11H2,1-3H3,(H,32,33,34)/t14-,15-/m0/s1. The van der Waals surface area contributed by atoms with Crippen LogP contribution < -0.4 is 10.2 Å². The zero-order chi connectivity index (χ0) is 27.7. The van der Waals surface area contributed by atoms with Crippen LogP contribution in [0.1, 0.15) is 45.6 Å². The molecule has 1 aliphatic carbocycles. The molecule has 202 valence electrons. The number of likely N-dealkylation sites (tertiary alicyclic amines) is 1.